The number of aryl methyl sites for hydroxylation is 1. The molecule has 8 heteroatoms. The van der Waals surface area contributed by atoms with Crippen molar-refractivity contribution in [2.24, 2.45) is 0 Å². The van der Waals surface area contributed by atoms with Crippen LogP contribution in [0.2, 0.25) is 0 Å². The van der Waals surface area contributed by atoms with Crippen molar-refractivity contribution in [1.82, 2.24) is 9.88 Å². The zero-order valence-electron chi connectivity index (χ0n) is 14.9. The number of amides is 1. The highest BCUT2D eigenvalue weighted by Gasteiger charge is 2.24. The molecule has 0 atom stereocenters. The Kier molecular flexibility index (Phi) is 5.97. The van der Waals surface area contributed by atoms with E-state index in [1.807, 2.05) is 0 Å². The molecular weight excluding hydrogens is 346 g/mol. The lowest BCUT2D eigenvalue weighted by Crippen LogP contribution is -2.27. The Balaban J connectivity index is 2.14. The second kappa shape index (κ2) is 7.99. The van der Waals surface area contributed by atoms with Crippen molar-refractivity contribution in [2.75, 3.05) is 14.2 Å². The van der Waals surface area contributed by atoms with Crippen LogP contribution in [0.25, 0.3) is 0 Å². The van der Waals surface area contributed by atoms with Gasteiger partial charge in [-0.15, -0.1) is 0 Å². The zero-order valence-corrected chi connectivity index (χ0v) is 14.9. The molecule has 0 saturated carbocycles. The smallest absolute Gasteiger partial charge is 0.387 e. The predicted octanol–water partition coefficient (Wildman–Crippen LogP) is 3.29. The molecule has 0 fully saturated rings. The number of ether oxygens (including phenoxy) is 2. The minimum absolute atomic E-state index is 0.0521. The number of H-pyrrole nitrogens is 1. The number of aromatic nitrogens is 1. The summed E-state index contributed by atoms with van der Waals surface area (Å²) < 4.78 is 33.4. The van der Waals surface area contributed by atoms with Gasteiger partial charge in [-0.2, -0.15) is 8.78 Å². The number of esters is 1. The number of benzene rings is 1. The maximum atomic E-state index is 12.7. The zero-order chi connectivity index (χ0) is 19.4. The molecule has 1 N–H and O–H groups in total. The van der Waals surface area contributed by atoms with Crippen LogP contribution in [0.4, 0.5) is 8.78 Å². The van der Waals surface area contributed by atoms with E-state index in [4.69, 9.17) is 4.74 Å². The van der Waals surface area contributed by atoms with E-state index >= 15 is 0 Å². The number of carbonyl (C=O) groups excluding carboxylic acids is 2. The maximum Gasteiger partial charge on any atom is 0.387 e. The molecule has 0 bridgehead atoms. The standard InChI is InChI=1S/C18H20F2N2O4/c1-10-14(17(24)25-4)11(2)21-15(10)16(23)22(3)9-12-5-7-13(8-6-12)26-18(19)20/h5-8,18,21H,9H2,1-4H3. The third kappa shape index (κ3) is 4.19. The lowest BCUT2D eigenvalue weighted by molar-refractivity contribution is -0.0498. The molecule has 26 heavy (non-hydrogen) atoms. The van der Waals surface area contributed by atoms with Crippen molar-refractivity contribution >= 4 is 11.9 Å². The fraction of sp³-hybridized carbons (Fsp3) is 0.333. The highest BCUT2D eigenvalue weighted by molar-refractivity contribution is 6.00. The number of carbonyl (C=O) groups is 2. The normalized spacial score (nSPS) is 10.7. The van der Waals surface area contributed by atoms with Crippen molar-refractivity contribution in [2.45, 2.75) is 27.0 Å². The minimum atomic E-state index is -2.88. The monoisotopic (exact) mass is 366 g/mol. The van der Waals surface area contributed by atoms with Gasteiger partial charge in [0.25, 0.3) is 5.91 Å². The van der Waals surface area contributed by atoms with Crippen molar-refractivity contribution in [1.29, 1.82) is 0 Å². The molecule has 140 valence electrons. The van der Waals surface area contributed by atoms with E-state index in [1.165, 1.54) is 24.1 Å². The Morgan fingerprint density at radius 2 is 1.81 bits per heavy atom. The van der Waals surface area contributed by atoms with E-state index in [0.717, 1.165) is 5.56 Å². The molecule has 0 aliphatic rings. The van der Waals surface area contributed by atoms with E-state index in [1.54, 1.807) is 33.0 Å². The number of nitrogens with one attached hydrogen (secondary N) is 1. The fourth-order valence-corrected chi connectivity index (χ4v) is 2.68. The lowest BCUT2D eigenvalue weighted by atomic mass is 10.1. The topological polar surface area (TPSA) is 71.6 Å². The Morgan fingerprint density at radius 1 is 1.19 bits per heavy atom. The molecule has 2 rings (SSSR count). The first kappa shape index (κ1) is 19.4. The maximum absolute atomic E-state index is 12.7. The van der Waals surface area contributed by atoms with Crippen molar-refractivity contribution in [3.63, 3.8) is 0 Å². The SMILES string of the molecule is COC(=O)c1c(C)[nH]c(C(=O)N(C)Cc2ccc(OC(F)F)cc2)c1C. The molecule has 0 radical (unpaired) electrons. The number of nitrogens with zero attached hydrogens (tertiary/aromatic N) is 1. The molecule has 0 unspecified atom stereocenters. The van der Waals surface area contributed by atoms with Crippen LogP contribution in [-0.2, 0) is 11.3 Å². The second-order valence-electron chi connectivity index (χ2n) is 5.80. The average molecular weight is 366 g/mol. The van der Waals surface area contributed by atoms with Gasteiger partial charge >= 0.3 is 12.6 Å². The Bertz CT molecular complexity index is 800. The summed E-state index contributed by atoms with van der Waals surface area (Å²) in [5, 5.41) is 0. The largest absolute Gasteiger partial charge is 0.465 e. The summed E-state index contributed by atoms with van der Waals surface area (Å²) in [4.78, 5) is 28.9. The summed E-state index contributed by atoms with van der Waals surface area (Å²) in [5.41, 5.74) is 2.48. The summed E-state index contributed by atoms with van der Waals surface area (Å²) in [6, 6.07) is 6.04. The highest BCUT2D eigenvalue weighted by atomic mass is 19.3. The number of hydrogen-bond donors (Lipinski definition) is 1. The van der Waals surface area contributed by atoms with Crippen LogP contribution in [0.3, 0.4) is 0 Å². The highest BCUT2D eigenvalue weighted by Crippen LogP contribution is 2.21. The number of halogens is 2. The molecule has 1 amide bonds. The molecular formula is C18H20F2N2O4. The predicted molar refractivity (Wildman–Crippen MR) is 90.5 cm³/mol. The third-order valence-electron chi connectivity index (χ3n) is 3.96. The first-order chi connectivity index (χ1) is 12.2. The van der Waals surface area contributed by atoms with Crippen LogP contribution in [0.15, 0.2) is 24.3 Å². The number of hydrogen-bond acceptors (Lipinski definition) is 4. The number of rotatable bonds is 6. The number of aromatic amines is 1. The van der Waals surface area contributed by atoms with Gasteiger partial charge in [0.15, 0.2) is 0 Å². The van der Waals surface area contributed by atoms with E-state index in [2.05, 4.69) is 9.72 Å². The van der Waals surface area contributed by atoms with E-state index < -0.39 is 12.6 Å². The van der Waals surface area contributed by atoms with Crippen LogP contribution in [-0.4, -0.2) is 42.5 Å². The summed E-state index contributed by atoms with van der Waals surface area (Å²) in [6.45, 7) is 0.748. The molecule has 2 aromatic rings. The van der Waals surface area contributed by atoms with Crippen LogP contribution >= 0.6 is 0 Å². The third-order valence-corrected chi connectivity index (χ3v) is 3.96. The van der Waals surface area contributed by atoms with Gasteiger partial charge in [-0.05, 0) is 37.1 Å². The summed E-state index contributed by atoms with van der Waals surface area (Å²) in [5.74, 6) is -0.752. The fourth-order valence-electron chi connectivity index (χ4n) is 2.68. The Hall–Kier alpha value is -2.90. The molecule has 1 aromatic carbocycles. The lowest BCUT2D eigenvalue weighted by Gasteiger charge is -2.17. The van der Waals surface area contributed by atoms with Gasteiger partial charge in [0.2, 0.25) is 0 Å². The first-order valence-corrected chi connectivity index (χ1v) is 7.81. The molecule has 0 aliphatic carbocycles. The van der Waals surface area contributed by atoms with Gasteiger partial charge in [-0.1, -0.05) is 12.1 Å². The average Bonchev–Trinajstić information content (AvgIpc) is 2.89. The van der Waals surface area contributed by atoms with Crippen molar-refractivity contribution in [3.05, 3.63) is 52.3 Å². The summed E-state index contributed by atoms with van der Waals surface area (Å²) >= 11 is 0. The van der Waals surface area contributed by atoms with Crippen LogP contribution in [0.5, 0.6) is 5.75 Å². The summed E-state index contributed by atoms with van der Waals surface area (Å²) in [7, 11) is 2.89. The molecule has 1 aromatic heterocycles. The number of methoxy groups -OCH3 is 1. The van der Waals surface area contributed by atoms with Crippen molar-refractivity contribution in [3.8, 4) is 5.75 Å². The van der Waals surface area contributed by atoms with Gasteiger partial charge < -0.3 is 19.4 Å². The van der Waals surface area contributed by atoms with Gasteiger partial charge in [-0.3, -0.25) is 4.79 Å². The minimum Gasteiger partial charge on any atom is -0.465 e. The van der Waals surface area contributed by atoms with Gasteiger partial charge in [0.05, 0.1) is 12.7 Å². The van der Waals surface area contributed by atoms with E-state index in [0.29, 0.717) is 22.5 Å². The first-order valence-electron chi connectivity index (χ1n) is 7.81. The molecule has 6 nitrogen and oxygen atoms in total. The molecule has 1 heterocycles. The van der Waals surface area contributed by atoms with E-state index in [9.17, 15) is 18.4 Å². The van der Waals surface area contributed by atoms with Crippen LogP contribution in [0, 0.1) is 13.8 Å². The molecule has 0 aliphatic heterocycles. The number of alkyl halides is 2. The van der Waals surface area contributed by atoms with Crippen LogP contribution < -0.4 is 4.74 Å². The second-order valence-corrected chi connectivity index (χ2v) is 5.80. The van der Waals surface area contributed by atoms with Crippen molar-refractivity contribution < 1.29 is 27.8 Å². The van der Waals surface area contributed by atoms with Crippen LogP contribution in [0.1, 0.15) is 37.7 Å². The van der Waals surface area contributed by atoms with Gasteiger partial charge in [0.1, 0.15) is 11.4 Å². The Labute approximate surface area is 149 Å². The van der Waals surface area contributed by atoms with Gasteiger partial charge in [-0.25, -0.2) is 4.79 Å². The van der Waals surface area contributed by atoms with E-state index in [-0.39, 0.29) is 18.2 Å². The van der Waals surface area contributed by atoms with Gasteiger partial charge in [0, 0.05) is 19.3 Å². The molecule has 0 saturated heterocycles. The summed E-state index contributed by atoms with van der Waals surface area (Å²) in [6.07, 6.45) is 0. The quantitative estimate of drug-likeness (QED) is 0.797. The Morgan fingerprint density at radius 3 is 2.35 bits per heavy atom. The molecule has 0 spiro atoms.